The SMILES string of the molecule is CC(=O)c1ccc2c(c1)C(=C(NCCCN(C)C)c1ccc(C#N)cc1)C(=O)N2. The van der Waals surface area contributed by atoms with Gasteiger partial charge in [0.25, 0.3) is 5.91 Å². The maximum Gasteiger partial charge on any atom is 0.258 e. The average molecular weight is 388 g/mol. The number of rotatable bonds is 7. The van der Waals surface area contributed by atoms with E-state index in [0.717, 1.165) is 18.5 Å². The van der Waals surface area contributed by atoms with E-state index in [0.29, 0.717) is 40.2 Å². The van der Waals surface area contributed by atoms with Gasteiger partial charge in [0.1, 0.15) is 0 Å². The monoisotopic (exact) mass is 388 g/mol. The lowest BCUT2D eigenvalue weighted by Gasteiger charge is -2.16. The van der Waals surface area contributed by atoms with Gasteiger partial charge in [0.15, 0.2) is 5.78 Å². The Kier molecular flexibility index (Phi) is 6.10. The number of hydrogen-bond acceptors (Lipinski definition) is 5. The fraction of sp³-hybridized carbons (Fsp3) is 0.261. The van der Waals surface area contributed by atoms with E-state index in [1.54, 1.807) is 30.3 Å². The summed E-state index contributed by atoms with van der Waals surface area (Å²) >= 11 is 0. The van der Waals surface area contributed by atoms with E-state index in [4.69, 9.17) is 5.26 Å². The molecule has 0 saturated carbocycles. The van der Waals surface area contributed by atoms with Gasteiger partial charge in [0.2, 0.25) is 0 Å². The number of Topliss-reactive ketones (excluding diaryl/α,β-unsaturated/α-hetero) is 1. The lowest BCUT2D eigenvalue weighted by molar-refractivity contribution is -0.110. The van der Waals surface area contributed by atoms with Gasteiger partial charge in [-0.05, 0) is 69.9 Å². The molecule has 0 spiro atoms. The lowest BCUT2D eigenvalue weighted by atomic mass is 9.97. The van der Waals surface area contributed by atoms with E-state index >= 15 is 0 Å². The van der Waals surface area contributed by atoms with E-state index in [1.165, 1.54) is 6.92 Å². The number of anilines is 1. The summed E-state index contributed by atoms with van der Waals surface area (Å²) in [5.74, 6) is -0.259. The quantitative estimate of drug-likeness (QED) is 0.432. The molecule has 0 unspecified atom stereocenters. The first-order valence-corrected chi connectivity index (χ1v) is 9.51. The van der Waals surface area contributed by atoms with Crippen molar-refractivity contribution in [3.63, 3.8) is 0 Å². The summed E-state index contributed by atoms with van der Waals surface area (Å²) in [6.45, 7) is 3.11. The van der Waals surface area contributed by atoms with Crippen molar-refractivity contribution in [1.82, 2.24) is 10.2 Å². The number of nitrogens with one attached hydrogen (secondary N) is 2. The van der Waals surface area contributed by atoms with Crippen molar-refractivity contribution in [2.24, 2.45) is 0 Å². The molecule has 0 fully saturated rings. The molecule has 0 aromatic heterocycles. The second-order valence-corrected chi connectivity index (χ2v) is 7.29. The van der Waals surface area contributed by atoms with Crippen molar-refractivity contribution < 1.29 is 9.59 Å². The molecule has 0 aliphatic carbocycles. The van der Waals surface area contributed by atoms with Gasteiger partial charge in [-0.25, -0.2) is 0 Å². The summed E-state index contributed by atoms with van der Waals surface area (Å²) in [4.78, 5) is 26.8. The Labute approximate surface area is 170 Å². The number of nitriles is 1. The molecule has 1 aliphatic rings. The van der Waals surface area contributed by atoms with Crippen LogP contribution >= 0.6 is 0 Å². The largest absolute Gasteiger partial charge is 0.384 e. The van der Waals surface area contributed by atoms with Crippen LogP contribution in [-0.4, -0.2) is 43.8 Å². The average Bonchev–Trinajstić information content (AvgIpc) is 3.03. The second-order valence-electron chi connectivity index (χ2n) is 7.29. The van der Waals surface area contributed by atoms with Gasteiger partial charge in [-0.3, -0.25) is 9.59 Å². The maximum absolute atomic E-state index is 12.8. The van der Waals surface area contributed by atoms with Crippen LogP contribution in [0, 0.1) is 11.3 Å². The van der Waals surface area contributed by atoms with Gasteiger partial charge in [-0.15, -0.1) is 0 Å². The molecule has 1 amide bonds. The van der Waals surface area contributed by atoms with Crippen molar-refractivity contribution in [3.8, 4) is 6.07 Å². The van der Waals surface area contributed by atoms with Gasteiger partial charge in [0.05, 0.1) is 22.9 Å². The molecule has 2 aromatic rings. The fourth-order valence-corrected chi connectivity index (χ4v) is 3.29. The van der Waals surface area contributed by atoms with Crippen molar-refractivity contribution in [3.05, 3.63) is 64.7 Å². The second kappa shape index (κ2) is 8.72. The summed E-state index contributed by atoms with van der Waals surface area (Å²) < 4.78 is 0. The minimum Gasteiger partial charge on any atom is -0.384 e. The molecule has 1 aliphatic heterocycles. The van der Waals surface area contributed by atoms with Crippen LogP contribution in [0.15, 0.2) is 42.5 Å². The molecule has 0 atom stereocenters. The van der Waals surface area contributed by atoms with Crippen LogP contribution in [0.2, 0.25) is 0 Å². The third-order valence-corrected chi connectivity index (χ3v) is 4.81. The molecule has 3 rings (SSSR count). The van der Waals surface area contributed by atoms with Crippen LogP contribution in [-0.2, 0) is 4.79 Å². The van der Waals surface area contributed by atoms with Crippen molar-refractivity contribution in [2.45, 2.75) is 13.3 Å². The minimum absolute atomic E-state index is 0.0506. The highest BCUT2D eigenvalue weighted by atomic mass is 16.2. The predicted octanol–water partition coefficient (Wildman–Crippen LogP) is 3.12. The first-order chi connectivity index (χ1) is 13.9. The smallest absolute Gasteiger partial charge is 0.258 e. The highest BCUT2D eigenvalue weighted by Crippen LogP contribution is 2.36. The van der Waals surface area contributed by atoms with Crippen molar-refractivity contribution in [2.75, 3.05) is 32.5 Å². The normalized spacial score (nSPS) is 14.2. The lowest BCUT2D eigenvalue weighted by Crippen LogP contribution is -2.22. The van der Waals surface area contributed by atoms with Crippen LogP contribution in [0.4, 0.5) is 5.69 Å². The zero-order valence-electron chi connectivity index (χ0n) is 16.9. The number of carbonyl (C=O) groups is 2. The van der Waals surface area contributed by atoms with E-state index in [1.807, 2.05) is 26.2 Å². The predicted molar refractivity (Wildman–Crippen MR) is 114 cm³/mol. The minimum atomic E-state index is -0.208. The Morgan fingerprint density at radius 2 is 1.83 bits per heavy atom. The Bertz CT molecular complexity index is 1010. The number of fused-ring (bicyclic) bond motifs is 1. The van der Waals surface area contributed by atoms with Crippen LogP contribution in [0.5, 0.6) is 0 Å². The Morgan fingerprint density at radius 1 is 1.14 bits per heavy atom. The number of carbonyl (C=O) groups excluding carboxylic acids is 2. The summed E-state index contributed by atoms with van der Waals surface area (Å²) in [6, 6.07) is 14.5. The number of benzene rings is 2. The number of ketones is 1. The molecule has 0 bridgehead atoms. The zero-order valence-corrected chi connectivity index (χ0v) is 16.9. The molecule has 2 N–H and O–H groups in total. The van der Waals surface area contributed by atoms with Gasteiger partial charge in [-0.2, -0.15) is 5.26 Å². The Balaban J connectivity index is 2.07. The molecule has 0 radical (unpaired) electrons. The molecule has 6 nitrogen and oxygen atoms in total. The van der Waals surface area contributed by atoms with E-state index < -0.39 is 0 Å². The fourth-order valence-electron chi connectivity index (χ4n) is 3.29. The van der Waals surface area contributed by atoms with Gasteiger partial charge < -0.3 is 15.5 Å². The number of amides is 1. The van der Waals surface area contributed by atoms with Crippen LogP contribution in [0.3, 0.4) is 0 Å². The van der Waals surface area contributed by atoms with Crippen molar-refractivity contribution in [1.29, 1.82) is 5.26 Å². The standard InChI is InChI=1S/C23H24N4O2/c1-15(28)18-9-10-20-19(13-18)21(23(29)26-20)22(25-11-4-12-27(2)3)17-7-5-16(14-24)6-8-17/h5-10,13,25H,4,11-12H2,1-3H3,(H,26,29). The van der Waals surface area contributed by atoms with Crippen LogP contribution in [0.1, 0.15) is 40.4 Å². The molecule has 29 heavy (non-hydrogen) atoms. The van der Waals surface area contributed by atoms with E-state index in [-0.39, 0.29) is 11.7 Å². The van der Waals surface area contributed by atoms with Gasteiger partial charge in [0, 0.05) is 23.4 Å². The van der Waals surface area contributed by atoms with Crippen molar-refractivity contribution >= 4 is 28.6 Å². The Hall–Kier alpha value is -3.43. The van der Waals surface area contributed by atoms with Crippen LogP contribution < -0.4 is 10.6 Å². The summed E-state index contributed by atoms with van der Waals surface area (Å²) in [5.41, 5.74) is 4.55. The first kappa shape index (κ1) is 20.3. The first-order valence-electron chi connectivity index (χ1n) is 9.51. The third-order valence-electron chi connectivity index (χ3n) is 4.81. The summed E-state index contributed by atoms with van der Waals surface area (Å²) in [5, 5.41) is 15.4. The third kappa shape index (κ3) is 4.53. The molecule has 2 aromatic carbocycles. The zero-order chi connectivity index (χ0) is 21.0. The molecule has 6 heteroatoms. The maximum atomic E-state index is 12.8. The van der Waals surface area contributed by atoms with Gasteiger partial charge in [-0.1, -0.05) is 12.1 Å². The summed E-state index contributed by atoms with van der Waals surface area (Å²) in [7, 11) is 4.04. The topological polar surface area (TPSA) is 85.2 Å². The molecular weight excluding hydrogens is 364 g/mol. The molecule has 148 valence electrons. The number of nitrogens with zero attached hydrogens (tertiary/aromatic N) is 2. The van der Waals surface area contributed by atoms with E-state index in [9.17, 15) is 9.59 Å². The number of hydrogen-bond donors (Lipinski definition) is 2. The highest BCUT2D eigenvalue weighted by molar-refractivity contribution is 6.36. The summed E-state index contributed by atoms with van der Waals surface area (Å²) in [6.07, 6.45) is 0.905. The molecule has 1 heterocycles. The molecule has 0 saturated heterocycles. The Morgan fingerprint density at radius 3 is 2.45 bits per heavy atom. The highest BCUT2D eigenvalue weighted by Gasteiger charge is 2.29. The molecular formula is C23H24N4O2. The van der Waals surface area contributed by atoms with E-state index in [2.05, 4.69) is 21.6 Å². The van der Waals surface area contributed by atoms with Crippen LogP contribution in [0.25, 0.3) is 11.3 Å². The van der Waals surface area contributed by atoms with Gasteiger partial charge >= 0.3 is 0 Å².